The third-order valence-electron chi connectivity index (χ3n) is 2.92. The second-order valence-electron chi connectivity index (χ2n) is 4.17. The molecule has 2 nitrogen and oxygen atoms in total. The minimum absolute atomic E-state index is 0.888. The number of benzene rings is 1. The van der Waals surface area contributed by atoms with Gasteiger partial charge in [-0.05, 0) is 39.7 Å². The summed E-state index contributed by atoms with van der Waals surface area (Å²) in [6, 6.07) is 12.6. The number of H-pyrrole nitrogens is 1. The minimum Gasteiger partial charge on any atom is -0.361 e. The van der Waals surface area contributed by atoms with Crippen molar-refractivity contribution in [1.82, 2.24) is 10.3 Å². The van der Waals surface area contributed by atoms with Crippen LogP contribution in [-0.4, -0.2) is 4.98 Å². The van der Waals surface area contributed by atoms with Gasteiger partial charge in [-0.3, -0.25) is 0 Å². The minimum atomic E-state index is 0.888. The number of nitrogens with one attached hydrogen (secondary N) is 2. The molecular formula is C14H13BrN2S. The van der Waals surface area contributed by atoms with E-state index in [4.69, 9.17) is 0 Å². The Morgan fingerprint density at radius 2 is 2.00 bits per heavy atom. The van der Waals surface area contributed by atoms with Gasteiger partial charge in [0.2, 0.25) is 0 Å². The number of para-hydroxylation sites is 1. The molecule has 0 atom stereocenters. The van der Waals surface area contributed by atoms with Crippen LogP contribution in [0.2, 0.25) is 0 Å². The monoisotopic (exact) mass is 320 g/mol. The Hall–Kier alpha value is -1.10. The van der Waals surface area contributed by atoms with Crippen LogP contribution in [0.25, 0.3) is 10.9 Å². The molecule has 0 saturated heterocycles. The molecule has 0 unspecified atom stereocenters. The van der Waals surface area contributed by atoms with Crippen molar-refractivity contribution in [3.8, 4) is 0 Å². The maximum Gasteiger partial charge on any atom is 0.0701 e. The lowest BCUT2D eigenvalue weighted by Crippen LogP contribution is -2.11. The van der Waals surface area contributed by atoms with E-state index in [0.717, 1.165) is 13.1 Å². The van der Waals surface area contributed by atoms with Crippen LogP contribution in [0.15, 0.2) is 46.4 Å². The second kappa shape index (κ2) is 5.26. The Balaban J connectivity index is 1.66. The molecule has 0 amide bonds. The van der Waals surface area contributed by atoms with Gasteiger partial charge in [0.15, 0.2) is 0 Å². The highest BCUT2D eigenvalue weighted by molar-refractivity contribution is 9.11. The highest BCUT2D eigenvalue weighted by Crippen LogP contribution is 2.22. The average molecular weight is 321 g/mol. The van der Waals surface area contributed by atoms with Gasteiger partial charge >= 0.3 is 0 Å². The summed E-state index contributed by atoms with van der Waals surface area (Å²) in [5.41, 5.74) is 2.52. The number of halogens is 1. The molecule has 3 aromatic rings. The standard InChI is InChI=1S/C14H13BrN2S/c15-14-6-5-11(18-14)9-16-7-10-8-17-13-4-2-1-3-12(10)13/h1-6,8,16-17H,7,9H2. The van der Waals surface area contributed by atoms with E-state index >= 15 is 0 Å². The van der Waals surface area contributed by atoms with Crippen molar-refractivity contribution in [2.24, 2.45) is 0 Å². The van der Waals surface area contributed by atoms with Gasteiger partial charge in [-0.25, -0.2) is 0 Å². The molecule has 2 aromatic heterocycles. The van der Waals surface area contributed by atoms with E-state index in [2.05, 4.69) is 68.8 Å². The molecule has 92 valence electrons. The average Bonchev–Trinajstić information content (AvgIpc) is 2.97. The predicted molar refractivity (Wildman–Crippen MR) is 80.9 cm³/mol. The SMILES string of the molecule is Brc1ccc(CNCc2c[nH]c3ccccc23)s1. The third-order valence-corrected chi connectivity index (χ3v) is 4.54. The molecule has 0 aliphatic rings. The molecule has 0 spiro atoms. The van der Waals surface area contributed by atoms with E-state index in [9.17, 15) is 0 Å². The lowest BCUT2D eigenvalue weighted by atomic mass is 10.2. The fourth-order valence-electron chi connectivity index (χ4n) is 2.04. The van der Waals surface area contributed by atoms with Gasteiger partial charge in [-0.1, -0.05) is 18.2 Å². The summed E-state index contributed by atoms with van der Waals surface area (Å²) < 4.78 is 1.19. The van der Waals surface area contributed by atoms with Gasteiger partial charge in [-0.15, -0.1) is 11.3 Å². The summed E-state index contributed by atoms with van der Waals surface area (Å²) in [5, 5.41) is 4.78. The van der Waals surface area contributed by atoms with Gasteiger partial charge in [0, 0.05) is 35.1 Å². The first-order chi connectivity index (χ1) is 8.83. The Morgan fingerprint density at radius 3 is 2.83 bits per heavy atom. The van der Waals surface area contributed by atoms with Crippen LogP contribution in [0.5, 0.6) is 0 Å². The number of hydrogen-bond donors (Lipinski definition) is 2. The van der Waals surface area contributed by atoms with Crippen LogP contribution in [0.3, 0.4) is 0 Å². The highest BCUT2D eigenvalue weighted by atomic mass is 79.9. The zero-order valence-corrected chi connectivity index (χ0v) is 12.1. The molecule has 2 heterocycles. The van der Waals surface area contributed by atoms with Gasteiger partial charge in [-0.2, -0.15) is 0 Å². The Labute approximate surface area is 118 Å². The lowest BCUT2D eigenvalue weighted by Gasteiger charge is -2.01. The molecular weight excluding hydrogens is 308 g/mol. The van der Waals surface area contributed by atoms with E-state index in [1.54, 1.807) is 11.3 Å². The summed E-state index contributed by atoms with van der Waals surface area (Å²) >= 11 is 5.26. The fourth-order valence-corrected chi connectivity index (χ4v) is 3.50. The maximum absolute atomic E-state index is 3.48. The van der Waals surface area contributed by atoms with E-state index in [1.165, 1.54) is 25.1 Å². The molecule has 18 heavy (non-hydrogen) atoms. The molecule has 4 heteroatoms. The van der Waals surface area contributed by atoms with Crippen LogP contribution < -0.4 is 5.32 Å². The molecule has 0 saturated carbocycles. The Bertz CT molecular complexity index is 656. The van der Waals surface area contributed by atoms with Crippen LogP contribution in [-0.2, 0) is 13.1 Å². The summed E-state index contributed by atoms with van der Waals surface area (Å²) in [5.74, 6) is 0. The smallest absolute Gasteiger partial charge is 0.0701 e. The van der Waals surface area contributed by atoms with E-state index in [0.29, 0.717) is 0 Å². The Kier molecular flexibility index (Phi) is 3.50. The van der Waals surface area contributed by atoms with Gasteiger partial charge < -0.3 is 10.3 Å². The first-order valence-corrected chi connectivity index (χ1v) is 7.44. The van der Waals surface area contributed by atoms with Crippen molar-refractivity contribution in [2.45, 2.75) is 13.1 Å². The maximum atomic E-state index is 3.48. The first-order valence-electron chi connectivity index (χ1n) is 5.83. The number of fused-ring (bicyclic) bond motifs is 1. The Morgan fingerprint density at radius 1 is 1.11 bits per heavy atom. The van der Waals surface area contributed by atoms with E-state index in [1.807, 2.05) is 0 Å². The number of hydrogen-bond acceptors (Lipinski definition) is 2. The molecule has 0 radical (unpaired) electrons. The van der Waals surface area contributed by atoms with E-state index < -0.39 is 0 Å². The van der Waals surface area contributed by atoms with Gasteiger partial charge in [0.05, 0.1) is 3.79 Å². The first kappa shape index (κ1) is 12.0. The summed E-state index contributed by atoms with van der Waals surface area (Å²) in [6.07, 6.45) is 2.09. The van der Waals surface area contributed by atoms with Crippen molar-refractivity contribution in [3.63, 3.8) is 0 Å². The predicted octanol–water partition coefficient (Wildman–Crippen LogP) is 4.28. The summed E-state index contributed by atoms with van der Waals surface area (Å²) in [6.45, 7) is 1.80. The fraction of sp³-hybridized carbons (Fsp3) is 0.143. The van der Waals surface area contributed by atoms with Crippen molar-refractivity contribution in [1.29, 1.82) is 0 Å². The third kappa shape index (κ3) is 2.51. The van der Waals surface area contributed by atoms with Gasteiger partial charge in [0.25, 0.3) is 0 Å². The van der Waals surface area contributed by atoms with Crippen LogP contribution in [0.4, 0.5) is 0 Å². The molecule has 0 bridgehead atoms. The molecule has 0 fully saturated rings. The number of aromatic amines is 1. The zero-order valence-electron chi connectivity index (χ0n) is 9.74. The van der Waals surface area contributed by atoms with Crippen LogP contribution in [0, 0.1) is 0 Å². The summed E-state index contributed by atoms with van der Waals surface area (Å²) in [7, 11) is 0. The second-order valence-corrected chi connectivity index (χ2v) is 6.72. The van der Waals surface area contributed by atoms with Crippen LogP contribution >= 0.6 is 27.3 Å². The number of aromatic nitrogens is 1. The van der Waals surface area contributed by atoms with Crippen molar-refractivity contribution >= 4 is 38.2 Å². The topological polar surface area (TPSA) is 27.8 Å². The zero-order chi connectivity index (χ0) is 12.4. The molecule has 0 aliphatic carbocycles. The van der Waals surface area contributed by atoms with Gasteiger partial charge in [0.1, 0.15) is 0 Å². The lowest BCUT2D eigenvalue weighted by molar-refractivity contribution is 0.704. The van der Waals surface area contributed by atoms with Crippen molar-refractivity contribution in [2.75, 3.05) is 0 Å². The largest absolute Gasteiger partial charge is 0.361 e. The molecule has 2 N–H and O–H groups in total. The van der Waals surface area contributed by atoms with Crippen molar-refractivity contribution in [3.05, 3.63) is 56.8 Å². The quantitative estimate of drug-likeness (QED) is 0.737. The van der Waals surface area contributed by atoms with E-state index in [-0.39, 0.29) is 0 Å². The van der Waals surface area contributed by atoms with Crippen LogP contribution in [0.1, 0.15) is 10.4 Å². The molecule has 3 rings (SSSR count). The summed E-state index contributed by atoms with van der Waals surface area (Å²) in [4.78, 5) is 4.64. The molecule has 0 aliphatic heterocycles. The molecule has 1 aromatic carbocycles. The highest BCUT2D eigenvalue weighted by Gasteiger charge is 2.02. The normalized spacial score (nSPS) is 11.2. The number of rotatable bonds is 4. The van der Waals surface area contributed by atoms with Crippen molar-refractivity contribution < 1.29 is 0 Å². The number of thiophene rings is 1.